The molecular formula is C17H24O3. The van der Waals surface area contributed by atoms with Gasteiger partial charge in [-0.3, -0.25) is 4.79 Å². The van der Waals surface area contributed by atoms with Crippen LogP contribution in [0.3, 0.4) is 0 Å². The van der Waals surface area contributed by atoms with E-state index in [1.807, 2.05) is 31.2 Å². The van der Waals surface area contributed by atoms with Gasteiger partial charge in [-0.2, -0.15) is 0 Å². The summed E-state index contributed by atoms with van der Waals surface area (Å²) in [5.41, 5.74) is 0.714. The molecule has 1 saturated carbocycles. The lowest BCUT2D eigenvalue weighted by atomic mass is 9.82. The van der Waals surface area contributed by atoms with Crippen molar-refractivity contribution in [3.8, 4) is 5.75 Å². The number of ketones is 1. The minimum absolute atomic E-state index is 0.0995. The van der Waals surface area contributed by atoms with E-state index in [9.17, 15) is 4.79 Å². The second-order valence-electron chi connectivity index (χ2n) is 5.38. The van der Waals surface area contributed by atoms with Gasteiger partial charge in [0.2, 0.25) is 0 Å². The normalized spacial score (nSPS) is 17.7. The molecule has 0 radical (unpaired) electrons. The number of ether oxygens (including phenoxy) is 2. The zero-order valence-corrected chi connectivity index (χ0v) is 12.4. The number of carbonyl (C=O) groups is 1. The summed E-state index contributed by atoms with van der Waals surface area (Å²) in [4.78, 5) is 12.6. The van der Waals surface area contributed by atoms with E-state index >= 15 is 0 Å². The number of hydrogen-bond donors (Lipinski definition) is 0. The first kappa shape index (κ1) is 15.0. The van der Waals surface area contributed by atoms with Crippen LogP contribution in [0.2, 0.25) is 0 Å². The van der Waals surface area contributed by atoms with Gasteiger partial charge in [0, 0.05) is 12.7 Å². The zero-order valence-electron chi connectivity index (χ0n) is 12.4. The summed E-state index contributed by atoms with van der Waals surface area (Å²) in [6.07, 6.45) is 5.60. The first-order valence-electron chi connectivity index (χ1n) is 7.56. The van der Waals surface area contributed by atoms with E-state index in [2.05, 4.69) is 0 Å². The van der Waals surface area contributed by atoms with Gasteiger partial charge in [-0.1, -0.05) is 19.3 Å². The quantitative estimate of drug-likeness (QED) is 0.740. The van der Waals surface area contributed by atoms with Crippen molar-refractivity contribution < 1.29 is 14.3 Å². The third-order valence-corrected chi connectivity index (χ3v) is 4.04. The van der Waals surface area contributed by atoms with E-state index < -0.39 is 0 Å². The smallest absolute Gasteiger partial charge is 0.191 e. The fraction of sp³-hybridized carbons (Fsp3) is 0.588. The van der Waals surface area contributed by atoms with Crippen molar-refractivity contribution in [2.45, 2.75) is 45.1 Å². The molecule has 1 fully saturated rings. The Balaban J connectivity index is 2.07. The second-order valence-corrected chi connectivity index (χ2v) is 5.38. The Hall–Kier alpha value is -1.35. The predicted octanol–water partition coefficient (Wildman–Crippen LogP) is 3.86. The van der Waals surface area contributed by atoms with Crippen LogP contribution >= 0.6 is 0 Å². The minimum atomic E-state index is -0.298. The van der Waals surface area contributed by atoms with Gasteiger partial charge in [-0.25, -0.2) is 0 Å². The molecule has 2 rings (SSSR count). The van der Waals surface area contributed by atoms with Crippen molar-refractivity contribution in [3.63, 3.8) is 0 Å². The molecule has 1 aromatic carbocycles. The molecule has 1 aliphatic carbocycles. The number of hydrogen-bond acceptors (Lipinski definition) is 3. The first-order chi connectivity index (χ1) is 9.76. The van der Waals surface area contributed by atoms with Gasteiger partial charge in [0.1, 0.15) is 11.9 Å². The van der Waals surface area contributed by atoms with Crippen molar-refractivity contribution >= 4 is 5.78 Å². The van der Waals surface area contributed by atoms with Crippen LogP contribution in [0, 0.1) is 5.92 Å². The van der Waals surface area contributed by atoms with E-state index in [0.29, 0.717) is 18.1 Å². The zero-order chi connectivity index (χ0) is 14.4. The Morgan fingerprint density at radius 2 is 1.85 bits per heavy atom. The lowest BCUT2D eigenvalue weighted by molar-refractivity contribution is 0.0314. The highest BCUT2D eigenvalue weighted by Crippen LogP contribution is 2.29. The Morgan fingerprint density at radius 1 is 1.20 bits per heavy atom. The summed E-state index contributed by atoms with van der Waals surface area (Å²) in [5.74, 6) is 1.27. The lowest BCUT2D eigenvalue weighted by Crippen LogP contribution is -2.33. The minimum Gasteiger partial charge on any atom is -0.494 e. The molecule has 20 heavy (non-hydrogen) atoms. The maximum absolute atomic E-state index is 12.6. The summed E-state index contributed by atoms with van der Waals surface area (Å²) in [6.45, 7) is 2.58. The largest absolute Gasteiger partial charge is 0.494 e. The van der Waals surface area contributed by atoms with E-state index in [4.69, 9.17) is 9.47 Å². The molecule has 0 spiro atoms. The molecule has 3 heteroatoms. The van der Waals surface area contributed by atoms with Gasteiger partial charge in [0.25, 0.3) is 0 Å². The van der Waals surface area contributed by atoms with Crippen LogP contribution in [0.1, 0.15) is 49.4 Å². The van der Waals surface area contributed by atoms with Gasteiger partial charge in [0.15, 0.2) is 5.78 Å². The van der Waals surface area contributed by atoms with Gasteiger partial charge in [-0.05, 0) is 49.9 Å². The summed E-state index contributed by atoms with van der Waals surface area (Å²) < 4.78 is 10.9. The van der Waals surface area contributed by atoms with Crippen LogP contribution in [-0.4, -0.2) is 25.6 Å². The number of Topliss-reactive ketones (excluding diaryl/α,β-unsaturated/α-hetero) is 1. The van der Waals surface area contributed by atoms with Gasteiger partial charge < -0.3 is 9.47 Å². The molecule has 1 aromatic rings. The fourth-order valence-corrected chi connectivity index (χ4v) is 3.00. The number of benzene rings is 1. The van der Waals surface area contributed by atoms with Gasteiger partial charge in [0.05, 0.1) is 6.61 Å². The molecule has 0 aromatic heterocycles. The average Bonchev–Trinajstić information content (AvgIpc) is 2.50. The molecule has 1 aliphatic rings. The van der Waals surface area contributed by atoms with E-state index in [0.717, 1.165) is 18.6 Å². The van der Waals surface area contributed by atoms with Crippen LogP contribution in [0.15, 0.2) is 24.3 Å². The first-order valence-corrected chi connectivity index (χ1v) is 7.56. The molecule has 3 nitrogen and oxygen atoms in total. The van der Waals surface area contributed by atoms with Crippen molar-refractivity contribution in [1.82, 2.24) is 0 Å². The molecule has 0 aliphatic heterocycles. The van der Waals surface area contributed by atoms with Crippen LogP contribution in [-0.2, 0) is 4.74 Å². The Labute approximate surface area is 121 Å². The predicted molar refractivity (Wildman–Crippen MR) is 79.3 cm³/mol. The van der Waals surface area contributed by atoms with E-state index in [1.54, 1.807) is 7.11 Å². The van der Waals surface area contributed by atoms with Crippen LogP contribution in [0.5, 0.6) is 5.75 Å². The standard InChI is InChI=1S/C17H24O3/c1-3-20-15-11-9-13(10-12-15)16(18)17(19-2)14-7-5-4-6-8-14/h9-12,14,17H,3-8H2,1-2H3. The molecule has 110 valence electrons. The maximum Gasteiger partial charge on any atom is 0.191 e. The summed E-state index contributed by atoms with van der Waals surface area (Å²) in [7, 11) is 1.64. The average molecular weight is 276 g/mol. The topological polar surface area (TPSA) is 35.5 Å². The molecule has 1 atom stereocenters. The molecular weight excluding hydrogens is 252 g/mol. The Morgan fingerprint density at radius 3 is 2.40 bits per heavy atom. The third-order valence-electron chi connectivity index (χ3n) is 4.04. The van der Waals surface area contributed by atoms with Crippen LogP contribution in [0.4, 0.5) is 0 Å². The summed E-state index contributed by atoms with van der Waals surface area (Å²) in [5, 5.41) is 0. The van der Waals surface area contributed by atoms with E-state index in [-0.39, 0.29) is 11.9 Å². The highest BCUT2D eigenvalue weighted by Gasteiger charge is 2.30. The monoisotopic (exact) mass is 276 g/mol. The Bertz CT molecular complexity index is 418. The highest BCUT2D eigenvalue weighted by atomic mass is 16.5. The number of rotatable bonds is 6. The Kier molecular flexibility index (Phi) is 5.60. The number of carbonyl (C=O) groups excluding carboxylic acids is 1. The van der Waals surface area contributed by atoms with Crippen LogP contribution in [0.25, 0.3) is 0 Å². The van der Waals surface area contributed by atoms with E-state index in [1.165, 1.54) is 19.3 Å². The van der Waals surface area contributed by atoms with Crippen molar-refractivity contribution in [3.05, 3.63) is 29.8 Å². The van der Waals surface area contributed by atoms with Gasteiger partial charge in [-0.15, -0.1) is 0 Å². The molecule has 0 saturated heterocycles. The van der Waals surface area contributed by atoms with Crippen LogP contribution < -0.4 is 4.74 Å². The van der Waals surface area contributed by atoms with Crippen molar-refractivity contribution in [2.75, 3.05) is 13.7 Å². The SMILES string of the molecule is CCOc1ccc(C(=O)C(OC)C2CCCCC2)cc1. The summed E-state index contributed by atoms with van der Waals surface area (Å²) >= 11 is 0. The maximum atomic E-state index is 12.6. The fourth-order valence-electron chi connectivity index (χ4n) is 3.00. The molecule has 0 bridgehead atoms. The molecule has 1 unspecified atom stereocenters. The molecule has 0 amide bonds. The molecule has 0 heterocycles. The second kappa shape index (κ2) is 7.44. The number of methoxy groups -OCH3 is 1. The third kappa shape index (κ3) is 3.60. The van der Waals surface area contributed by atoms with Crippen molar-refractivity contribution in [2.24, 2.45) is 5.92 Å². The molecule has 0 N–H and O–H groups in total. The van der Waals surface area contributed by atoms with Crippen molar-refractivity contribution in [1.29, 1.82) is 0 Å². The summed E-state index contributed by atoms with van der Waals surface area (Å²) in [6, 6.07) is 7.37. The van der Waals surface area contributed by atoms with Gasteiger partial charge >= 0.3 is 0 Å². The lowest BCUT2D eigenvalue weighted by Gasteiger charge is -2.28. The highest BCUT2D eigenvalue weighted by molar-refractivity contribution is 5.99.